The molecule has 0 unspecified atom stereocenters. The molecule has 1 N–H and O–H groups in total. The Morgan fingerprint density at radius 3 is 2.56 bits per heavy atom. The van der Waals surface area contributed by atoms with Crippen molar-refractivity contribution in [1.82, 2.24) is 0 Å². The largest absolute Gasteiger partial charge is 0.493 e. The van der Waals surface area contributed by atoms with Crippen LogP contribution < -0.4 is 9.47 Å². The molecule has 0 aliphatic carbocycles. The van der Waals surface area contributed by atoms with Crippen molar-refractivity contribution in [3.8, 4) is 11.5 Å². The van der Waals surface area contributed by atoms with Crippen molar-refractivity contribution in [3.63, 3.8) is 0 Å². The third-order valence-corrected chi connectivity index (χ3v) is 2.45. The van der Waals surface area contributed by atoms with E-state index in [0.717, 1.165) is 17.6 Å². The number of rotatable bonds is 5. The first-order valence-corrected chi connectivity index (χ1v) is 5.28. The lowest BCUT2D eigenvalue weighted by Gasteiger charge is -2.11. The molecular weight excluding hydrogens is 204 g/mol. The van der Waals surface area contributed by atoms with Crippen LogP contribution in [0.1, 0.15) is 18.9 Å². The van der Waals surface area contributed by atoms with Gasteiger partial charge in [-0.3, -0.25) is 0 Å². The molecule has 88 valence electrons. The predicted molar refractivity (Wildman–Crippen MR) is 64.9 cm³/mol. The Balaban J connectivity index is 3.17. The lowest BCUT2D eigenvalue weighted by atomic mass is 10.1. The molecule has 0 aliphatic heterocycles. The molecule has 0 bridgehead atoms. The standard InChI is InChI=1S/C13H18O3/c1-4-10(9-14)8-11-6-5-7-12(15-2)13(11)16-3/h5-8,14H,4,9H2,1-3H3. The van der Waals surface area contributed by atoms with E-state index < -0.39 is 0 Å². The highest BCUT2D eigenvalue weighted by molar-refractivity contribution is 5.64. The molecule has 1 aromatic rings. The van der Waals surface area contributed by atoms with Gasteiger partial charge in [-0.05, 0) is 24.1 Å². The highest BCUT2D eigenvalue weighted by Crippen LogP contribution is 2.32. The molecule has 0 saturated carbocycles. The Bertz CT molecular complexity index is 363. The molecule has 1 rings (SSSR count). The van der Waals surface area contributed by atoms with E-state index in [0.29, 0.717) is 11.5 Å². The maximum Gasteiger partial charge on any atom is 0.167 e. The van der Waals surface area contributed by atoms with Crippen molar-refractivity contribution in [2.24, 2.45) is 0 Å². The maximum absolute atomic E-state index is 9.14. The third-order valence-electron chi connectivity index (χ3n) is 2.45. The summed E-state index contributed by atoms with van der Waals surface area (Å²) in [7, 11) is 3.22. The van der Waals surface area contributed by atoms with E-state index in [-0.39, 0.29) is 6.61 Å². The average molecular weight is 222 g/mol. The topological polar surface area (TPSA) is 38.7 Å². The summed E-state index contributed by atoms with van der Waals surface area (Å²) < 4.78 is 10.5. The van der Waals surface area contributed by atoms with Gasteiger partial charge in [-0.15, -0.1) is 0 Å². The molecule has 0 spiro atoms. The fourth-order valence-electron chi connectivity index (χ4n) is 1.51. The maximum atomic E-state index is 9.14. The number of benzene rings is 1. The number of aliphatic hydroxyl groups is 1. The van der Waals surface area contributed by atoms with Crippen molar-refractivity contribution in [1.29, 1.82) is 0 Å². The third kappa shape index (κ3) is 2.76. The van der Waals surface area contributed by atoms with Crippen molar-refractivity contribution in [3.05, 3.63) is 29.3 Å². The van der Waals surface area contributed by atoms with E-state index in [9.17, 15) is 0 Å². The van der Waals surface area contributed by atoms with Crippen LogP contribution in [0, 0.1) is 0 Å². The zero-order chi connectivity index (χ0) is 12.0. The van der Waals surface area contributed by atoms with E-state index in [2.05, 4.69) is 0 Å². The zero-order valence-corrected chi connectivity index (χ0v) is 9.99. The van der Waals surface area contributed by atoms with Gasteiger partial charge in [0.15, 0.2) is 11.5 Å². The van der Waals surface area contributed by atoms with Crippen molar-refractivity contribution in [2.75, 3.05) is 20.8 Å². The smallest absolute Gasteiger partial charge is 0.167 e. The van der Waals surface area contributed by atoms with Crippen LogP contribution in [0.25, 0.3) is 6.08 Å². The van der Waals surface area contributed by atoms with Gasteiger partial charge in [0, 0.05) is 5.56 Å². The van der Waals surface area contributed by atoms with Gasteiger partial charge in [-0.2, -0.15) is 0 Å². The van der Waals surface area contributed by atoms with E-state index in [1.807, 2.05) is 31.2 Å². The number of methoxy groups -OCH3 is 2. The number of ether oxygens (including phenoxy) is 2. The Labute approximate surface area is 96.3 Å². The number of hydrogen-bond acceptors (Lipinski definition) is 3. The minimum atomic E-state index is 0.0663. The van der Waals surface area contributed by atoms with Crippen LogP contribution >= 0.6 is 0 Å². The van der Waals surface area contributed by atoms with Gasteiger partial charge in [-0.25, -0.2) is 0 Å². The molecule has 16 heavy (non-hydrogen) atoms. The van der Waals surface area contributed by atoms with Crippen LogP contribution in [0.5, 0.6) is 11.5 Å². The molecular formula is C13H18O3. The summed E-state index contributed by atoms with van der Waals surface area (Å²) in [5, 5.41) is 9.14. The summed E-state index contributed by atoms with van der Waals surface area (Å²) >= 11 is 0. The highest BCUT2D eigenvalue weighted by atomic mass is 16.5. The molecule has 0 fully saturated rings. The molecule has 0 saturated heterocycles. The van der Waals surface area contributed by atoms with E-state index in [1.54, 1.807) is 14.2 Å². The number of para-hydroxylation sites is 1. The van der Waals surface area contributed by atoms with Crippen molar-refractivity contribution >= 4 is 6.08 Å². The van der Waals surface area contributed by atoms with Gasteiger partial charge in [0.25, 0.3) is 0 Å². The van der Waals surface area contributed by atoms with Gasteiger partial charge >= 0.3 is 0 Å². The second-order valence-electron chi connectivity index (χ2n) is 3.40. The number of aliphatic hydroxyl groups excluding tert-OH is 1. The first-order chi connectivity index (χ1) is 7.76. The molecule has 0 amide bonds. The van der Waals surface area contributed by atoms with Crippen LogP contribution in [0.15, 0.2) is 23.8 Å². The van der Waals surface area contributed by atoms with Crippen LogP contribution in [-0.4, -0.2) is 25.9 Å². The second kappa shape index (κ2) is 6.18. The first-order valence-electron chi connectivity index (χ1n) is 5.28. The predicted octanol–water partition coefficient (Wildman–Crippen LogP) is 2.49. The Kier molecular flexibility index (Phi) is 4.86. The summed E-state index contributed by atoms with van der Waals surface area (Å²) in [6.45, 7) is 2.07. The van der Waals surface area contributed by atoms with Gasteiger partial charge in [0.1, 0.15) is 0 Å². The van der Waals surface area contributed by atoms with Crippen molar-refractivity contribution in [2.45, 2.75) is 13.3 Å². The summed E-state index contributed by atoms with van der Waals surface area (Å²) in [6.07, 6.45) is 2.75. The van der Waals surface area contributed by atoms with E-state index in [4.69, 9.17) is 14.6 Å². The molecule has 0 heterocycles. The Morgan fingerprint density at radius 2 is 2.06 bits per heavy atom. The van der Waals surface area contributed by atoms with Gasteiger partial charge in [0.05, 0.1) is 20.8 Å². The van der Waals surface area contributed by atoms with Crippen molar-refractivity contribution < 1.29 is 14.6 Å². The van der Waals surface area contributed by atoms with E-state index in [1.165, 1.54) is 0 Å². The van der Waals surface area contributed by atoms with Gasteiger partial charge < -0.3 is 14.6 Å². The summed E-state index contributed by atoms with van der Waals surface area (Å²) in [5.41, 5.74) is 1.89. The zero-order valence-electron chi connectivity index (χ0n) is 9.99. The summed E-state index contributed by atoms with van der Waals surface area (Å²) in [6, 6.07) is 5.69. The minimum Gasteiger partial charge on any atom is -0.493 e. The average Bonchev–Trinajstić information content (AvgIpc) is 2.35. The number of hydrogen-bond donors (Lipinski definition) is 1. The molecule has 0 atom stereocenters. The molecule has 3 nitrogen and oxygen atoms in total. The Hall–Kier alpha value is -1.48. The summed E-state index contributed by atoms with van der Waals surface area (Å²) in [5.74, 6) is 1.40. The van der Waals surface area contributed by atoms with Gasteiger partial charge in [-0.1, -0.05) is 19.1 Å². The summed E-state index contributed by atoms with van der Waals surface area (Å²) in [4.78, 5) is 0. The molecule has 3 heteroatoms. The fourth-order valence-corrected chi connectivity index (χ4v) is 1.51. The molecule has 0 radical (unpaired) electrons. The molecule has 1 aromatic carbocycles. The lowest BCUT2D eigenvalue weighted by Crippen LogP contribution is -1.94. The fraction of sp³-hybridized carbons (Fsp3) is 0.385. The minimum absolute atomic E-state index is 0.0663. The van der Waals surface area contributed by atoms with Crippen LogP contribution in [0.4, 0.5) is 0 Å². The first kappa shape index (κ1) is 12.6. The molecule has 0 aliphatic rings. The molecule has 0 aromatic heterocycles. The van der Waals surface area contributed by atoms with Crippen LogP contribution in [0.2, 0.25) is 0 Å². The second-order valence-corrected chi connectivity index (χ2v) is 3.40. The van der Waals surface area contributed by atoms with Crippen LogP contribution in [0.3, 0.4) is 0 Å². The van der Waals surface area contributed by atoms with E-state index >= 15 is 0 Å². The van der Waals surface area contributed by atoms with Crippen LogP contribution in [-0.2, 0) is 0 Å². The lowest BCUT2D eigenvalue weighted by molar-refractivity contribution is 0.328. The SMILES string of the molecule is CCC(=Cc1cccc(OC)c1OC)CO. The Morgan fingerprint density at radius 1 is 1.31 bits per heavy atom. The quantitative estimate of drug-likeness (QED) is 0.831. The highest BCUT2D eigenvalue weighted by Gasteiger charge is 2.07. The monoisotopic (exact) mass is 222 g/mol. The normalized spacial score (nSPS) is 11.4. The van der Waals surface area contributed by atoms with Gasteiger partial charge in [0.2, 0.25) is 0 Å².